The molecule has 0 saturated carbocycles. The lowest BCUT2D eigenvalue weighted by molar-refractivity contribution is -0.138. The molecule has 6 heteroatoms. The molecular weight excluding hydrogens is 329 g/mol. The zero-order valence-corrected chi connectivity index (χ0v) is 17.0. The molecule has 1 atom stereocenters. The van der Waals surface area contributed by atoms with Gasteiger partial charge in [-0.1, -0.05) is 13.8 Å². The molecule has 0 aliphatic carbocycles. The molecule has 0 heterocycles. The van der Waals surface area contributed by atoms with Gasteiger partial charge in [-0.3, -0.25) is 4.79 Å². The highest BCUT2D eigenvalue weighted by Gasteiger charge is 2.32. The average molecular weight is 357 g/mol. The van der Waals surface area contributed by atoms with Crippen molar-refractivity contribution in [3.05, 3.63) is 27.8 Å². The van der Waals surface area contributed by atoms with Crippen LogP contribution in [0.15, 0.2) is 0 Å². The lowest BCUT2D eigenvalue weighted by Crippen LogP contribution is -2.40. The fourth-order valence-corrected chi connectivity index (χ4v) is 3.30. The Labute approximate surface area is 157 Å². The van der Waals surface area contributed by atoms with Crippen molar-refractivity contribution in [2.75, 3.05) is 0 Å². The topological polar surface area (TPSA) is 72.5 Å². The lowest BCUT2D eigenvalue weighted by atomic mass is 9.72. The average Bonchev–Trinajstić information content (AvgIpc) is 2.48. The minimum absolute atomic E-state index is 0.127. The monoisotopic (exact) mass is 357 g/mol. The summed E-state index contributed by atoms with van der Waals surface area (Å²) in [5, 5.41) is 2.53. The molecule has 1 N–H and O–H groups in total. The van der Waals surface area contributed by atoms with Gasteiger partial charge in [0.05, 0.1) is 5.68 Å². The molecule has 0 aromatic heterocycles. The smallest absolute Gasteiger partial charge is 0.333 e. The Kier molecular flexibility index (Phi) is 6.80. The van der Waals surface area contributed by atoms with E-state index in [1.54, 1.807) is 6.92 Å². The highest BCUT2D eigenvalue weighted by atomic mass is 16.5. The highest BCUT2D eigenvalue weighted by Crippen LogP contribution is 2.42. The Bertz CT molecular complexity index is 753. The third kappa shape index (κ3) is 4.74. The molecule has 0 saturated heterocycles. The Morgan fingerprint density at radius 3 is 2.00 bits per heavy atom. The van der Waals surface area contributed by atoms with E-state index in [-0.39, 0.29) is 12.3 Å². The molecule has 1 aromatic rings. The number of esters is 1. The second-order valence-electron chi connectivity index (χ2n) is 7.57. The molecule has 0 aliphatic rings. The maximum absolute atomic E-state index is 12.5. The third-order valence-electron chi connectivity index (χ3n) is 4.90. The lowest BCUT2D eigenvalue weighted by Gasteiger charge is -2.31. The Balaban J connectivity index is 3.53. The quantitative estimate of drug-likeness (QED) is 0.483. The van der Waals surface area contributed by atoms with Gasteiger partial charge < -0.3 is 14.8 Å². The Morgan fingerprint density at radius 2 is 1.54 bits per heavy atom. The number of hydrogen-bond donors (Lipinski definition) is 1. The standard InChI is InChI=1S/C20H28BNO4/c1-10-11(2)13(4)18(26-19(25)14(5)22-15(6)23)17(12(10)3)20(7,8)9-16(21)24/h14H,9H2,1-8H3,(H,22,23). The highest BCUT2D eigenvalue weighted by molar-refractivity contribution is 6.57. The molecule has 26 heavy (non-hydrogen) atoms. The van der Waals surface area contributed by atoms with Gasteiger partial charge in [0.1, 0.15) is 11.8 Å². The van der Waals surface area contributed by atoms with Crippen molar-refractivity contribution in [3.63, 3.8) is 0 Å². The number of benzene rings is 1. The summed E-state index contributed by atoms with van der Waals surface area (Å²) in [6, 6.07) is -0.777. The predicted octanol–water partition coefficient (Wildman–Crippen LogP) is 2.71. The van der Waals surface area contributed by atoms with E-state index >= 15 is 0 Å². The van der Waals surface area contributed by atoms with E-state index in [1.807, 2.05) is 41.5 Å². The van der Waals surface area contributed by atoms with Gasteiger partial charge in [-0.2, -0.15) is 0 Å². The van der Waals surface area contributed by atoms with Gasteiger partial charge in [-0.15, -0.1) is 0 Å². The molecule has 2 radical (unpaired) electrons. The number of ether oxygens (including phenoxy) is 1. The summed E-state index contributed by atoms with van der Waals surface area (Å²) in [6.45, 7) is 14.5. The summed E-state index contributed by atoms with van der Waals surface area (Å²) in [4.78, 5) is 35.3. The second-order valence-corrected chi connectivity index (χ2v) is 7.57. The maximum Gasteiger partial charge on any atom is 0.333 e. The molecule has 140 valence electrons. The molecule has 0 bridgehead atoms. The van der Waals surface area contributed by atoms with Gasteiger partial charge >= 0.3 is 5.97 Å². The summed E-state index contributed by atoms with van der Waals surface area (Å²) in [5.41, 5.74) is 3.68. The van der Waals surface area contributed by atoms with Crippen LogP contribution in [0, 0.1) is 27.7 Å². The van der Waals surface area contributed by atoms with E-state index in [1.165, 1.54) is 6.92 Å². The SMILES string of the molecule is [B]C(=O)CC(C)(C)c1c(C)c(C)c(C)c(C)c1OC(=O)C(C)NC(C)=O. The van der Waals surface area contributed by atoms with Crippen LogP contribution in [0.25, 0.3) is 0 Å². The van der Waals surface area contributed by atoms with Gasteiger partial charge in [0, 0.05) is 18.9 Å². The first-order valence-corrected chi connectivity index (χ1v) is 8.67. The largest absolute Gasteiger partial charge is 0.424 e. The van der Waals surface area contributed by atoms with Crippen molar-refractivity contribution < 1.29 is 19.1 Å². The first kappa shape index (κ1) is 21.9. The number of carbonyl (C=O) groups excluding carboxylic acids is 3. The molecule has 5 nitrogen and oxygen atoms in total. The van der Waals surface area contributed by atoms with Crippen LogP contribution >= 0.6 is 0 Å². The van der Waals surface area contributed by atoms with Gasteiger partial charge in [0.2, 0.25) is 5.91 Å². The first-order valence-electron chi connectivity index (χ1n) is 8.67. The minimum atomic E-state index is -0.777. The van der Waals surface area contributed by atoms with Crippen molar-refractivity contribution in [2.24, 2.45) is 0 Å². The maximum atomic E-state index is 12.5. The van der Waals surface area contributed by atoms with Crippen molar-refractivity contribution in [1.29, 1.82) is 0 Å². The van der Waals surface area contributed by atoms with Gasteiger partial charge in [0.15, 0.2) is 7.85 Å². The van der Waals surface area contributed by atoms with Crippen molar-refractivity contribution in [2.45, 2.75) is 73.3 Å². The second kappa shape index (κ2) is 8.06. The number of hydrogen-bond acceptors (Lipinski definition) is 4. The summed E-state index contributed by atoms with van der Waals surface area (Å²) >= 11 is 0. The van der Waals surface area contributed by atoms with Gasteiger partial charge in [0.25, 0.3) is 0 Å². The van der Waals surface area contributed by atoms with Crippen LogP contribution in [-0.4, -0.2) is 31.4 Å². The molecule has 0 spiro atoms. The van der Waals surface area contributed by atoms with Crippen LogP contribution in [0.4, 0.5) is 0 Å². The molecule has 0 aliphatic heterocycles. The molecule has 1 rings (SSSR count). The predicted molar refractivity (Wildman–Crippen MR) is 103 cm³/mol. The zero-order chi connectivity index (χ0) is 20.4. The molecule has 0 fully saturated rings. The number of amides is 1. The summed E-state index contributed by atoms with van der Waals surface area (Å²) in [6.07, 6.45) is 0.127. The third-order valence-corrected chi connectivity index (χ3v) is 4.90. The van der Waals surface area contributed by atoms with Crippen LogP contribution in [0.1, 0.15) is 61.9 Å². The zero-order valence-electron chi connectivity index (χ0n) is 17.0. The van der Waals surface area contributed by atoms with Crippen molar-refractivity contribution >= 4 is 25.4 Å². The summed E-state index contributed by atoms with van der Waals surface area (Å²) < 4.78 is 5.72. The fraction of sp³-hybridized carbons (Fsp3) is 0.550. The first-order chi connectivity index (χ1) is 11.8. The van der Waals surface area contributed by atoms with Crippen LogP contribution < -0.4 is 10.1 Å². The molecular formula is C20H28BNO4. The van der Waals surface area contributed by atoms with Gasteiger partial charge in [-0.05, 0) is 62.3 Å². The van der Waals surface area contributed by atoms with E-state index < -0.39 is 23.1 Å². The van der Waals surface area contributed by atoms with Crippen molar-refractivity contribution in [1.82, 2.24) is 5.32 Å². The van der Waals surface area contributed by atoms with E-state index in [0.29, 0.717) is 5.75 Å². The van der Waals surface area contributed by atoms with Gasteiger partial charge in [-0.25, -0.2) is 4.79 Å². The Hall–Kier alpha value is -2.11. The number of carbonyl (C=O) groups is 3. The fourth-order valence-electron chi connectivity index (χ4n) is 3.30. The van der Waals surface area contributed by atoms with Crippen LogP contribution in [-0.2, 0) is 19.8 Å². The van der Waals surface area contributed by atoms with Crippen molar-refractivity contribution in [3.8, 4) is 5.75 Å². The Morgan fingerprint density at radius 1 is 1.04 bits per heavy atom. The summed E-state index contributed by atoms with van der Waals surface area (Å²) in [7, 11) is 5.43. The van der Waals surface area contributed by atoms with E-state index in [2.05, 4.69) is 5.32 Å². The number of nitrogens with one attached hydrogen (secondary N) is 1. The molecule has 1 unspecified atom stereocenters. The summed E-state index contributed by atoms with van der Waals surface area (Å²) in [5.74, 6) is -0.419. The number of rotatable bonds is 6. The van der Waals surface area contributed by atoms with E-state index in [9.17, 15) is 14.4 Å². The van der Waals surface area contributed by atoms with E-state index in [0.717, 1.165) is 27.8 Å². The van der Waals surface area contributed by atoms with Crippen LogP contribution in [0.3, 0.4) is 0 Å². The normalized spacial score (nSPS) is 12.5. The molecule has 1 amide bonds. The minimum Gasteiger partial charge on any atom is -0.424 e. The van der Waals surface area contributed by atoms with E-state index in [4.69, 9.17) is 12.6 Å². The molecule has 1 aromatic carbocycles. The van der Waals surface area contributed by atoms with Crippen LogP contribution in [0.2, 0.25) is 0 Å². The van der Waals surface area contributed by atoms with Crippen LogP contribution in [0.5, 0.6) is 5.75 Å².